The summed E-state index contributed by atoms with van der Waals surface area (Å²) in [6, 6.07) is 14.5. The van der Waals surface area contributed by atoms with E-state index in [9.17, 15) is 9.18 Å². The van der Waals surface area contributed by atoms with Crippen LogP contribution in [0.1, 0.15) is 15.9 Å². The van der Waals surface area contributed by atoms with Gasteiger partial charge in [-0.1, -0.05) is 18.2 Å². The second-order valence-corrected chi connectivity index (χ2v) is 5.55. The Morgan fingerprint density at radius 3 is 2.70 bits per heavy atom. The van der Waals surface area contributed by atoms with Crippen LogP contribution in [0.25, 0.3) is 11.3 Å². The molecule has 4 nitrogen and oxygen atoms in total. The first-order valence-corrected chi connectivity index (χ1v) is 7.56. The molecular weight excluding hydrogens is 313 g/mol. The van der Waals surface area contributed by atoms with Crippen LogP contribution in [0, 0.1) is 17.1 Å². The molecule has 0 aliphatic heterocycles. The Morgan fingerprint density at radius 1 is 1.22 bits per heavy atom. The van der Waals surface area contributed by atoms with Crippen LogP contribution in [0.4, 0.5) is 9.52 Å². The Hall–Kier alpha value is -3.04. The fourth-order valence-electron chi connectivity index (χ4n) is 1.98. The molecule has 23 heavy (non-hydrogen) atoms. The van der Waals surface area contributed by atoms with Crippen LogP contribution in [0.3, 0.4) is 0 Å². The summed E-state index contributed by atoms with van der Waals surface area (Å²) in [7, 11) is 0. The molecule has 0 unspecified atom stereocenters. The van der Waals surface area contributed by atoms with E-state index in [1.54, 1.807) is 24.3 Å². The van der Waals surface area contributed by atoms with Gasteiger partial charge in [0.25, 0.3) is 5.91 Å². The second kappa shape index (κ2) is 6.38. The van der Waals surface area contributed by atoms with E-state index in [-0.39, 0.29) is 5.56 Å². The van der Waals surface area contributed by atoms with Crippen molar-refractivity contribution in [2.75, 3.05) is 5.32 Å². The molecule has 0 radical (unpaired) electrons. The SMILES string of the molecule is N#Cc1ccc(-c2csc(NC(=O)c3cccc(F)c3)n2)cc1. The number of anilines is 1. The average molecular weight is 323 g/mol. The molecule has 0 saturated heterocycles. The van der Waals surface area contributed by atoms with Crippen molar-refractivity contribution < 1.29 is 9.18 Å². The highest BCUT2D eigenvalue weighted by molar-refractivity contribution is 7.14. The highest BCUT2D eigenvalue weighted by Gasteiger charge is 2.10. The molecule has 1 amide bonds. The van der Waals surface area contributed by atoms with E-state index in [0.29, 0.717) is 16.4 Å². The molecule has 0 fully saturated rings. The second-order valence-electron chi connectivity index (χ2n) is 4.69. The quantitative estimate of drug-likeness (QED) is 0.790. The van der Waals surface area contributed by atoms with Gasteiger partial charge in [0.15, 0.2) is 5.13 Å². The summed E-state index contributed by atoms with van der Waals surface area (Å²) in [5.41, 5.74) is 2.37. The van der Waals surface area contributed by atoms with E-state index in [1.807, 2.05) is 5.38 Å². The van der Waals surface area contributed by atoms with Crippen LogP contribution in [-0.4, -0.2) is 10.9 Å². The number of hydrogen-bond acceptors (Lipinski definition) is 4. The zero-order chi connectivity index (χ0) is 16.2. The summed E-state index contributed by atoms with van der Waals surface area (Å²) in [5.74, 6) is -0.875. The lowest BCUT2D eigenvalue weighted by Gasteiger charge is -2.01. The molecule has 1 heterocycles. The number of hydrogen-bond donors (Lipinski definition) is 1. The third kappa shape index (κ3) is 3.42. The summed E-state index contributed by atoms with van der Waals surface area (Å²) in [5, 5.41) is 13.7. The first kappa shape index (κ1) is 14.9. The zero-order valence-corrected chi connectivity index (χ0v) is 12.6. The van der Waals surface area contributed by atoms with E-state index in [4.69, 9.17) is 5.26 Å². The lowest BCUT2D eigenvalue weighted by Crippen LogP contribution is -2.11. The number of aromatic nitrogens is 1. The van der Waals surface area contributed by atoms with Crippen molar-refractivity contribution in [1.29, 1.82) is 5.26 Å². The van der Waals surface area contributed by atoms with E-state index in [0.717, 1.165) is 5.56 Å². The van der Waals surface area contributed by atoms with Crippen molar-refractivity contribution in [2.24, 2.45) is 0 Å². The van der Waals surface area contributed by atoms with Gasteiger partial charge < -0.3 is 0 Å². The largest absolute Gasteiger partial charge is 0.298 e. The molecule has 0 aliphatic carbocycles. The Labute approximate surface area is 135 Å². The summed E-state index contributed by atoms with van der Waals surface area (Å²) < 4.78 is 13.1. The molecular formula is C17H10FN3OS. The monoisotopic (exact) mass is 323 g/mol. The van der Waals surface area contributed by atoms with Crippen molar-refractivity contribution in [3.8, 4) is 17.3 Å². The number of benzene rings is 2. The van der Waals surface area contributed by atoms with Gasteiger partial charge in [-0.2, -0.15) is 5.26 Å². The maximum absolute atomic E-state index is 13.1. The number of rotatable bonds is 3. The van der Waals surface area contributed by atoms with Crippen molar-refractivity contribution in [2.45, 2.75) is 0 Å². The van der Waals surface area contributed by atoms with Crippen molar-refractivity contribution >= 4 is 22.4 Å². The summed E-state index contributed by atoms with van der Waals surface area (Å²) >= 11 is 1.28. The van der Waals surface area contributed by atoms with Crippen LogP contribution < -0.4 is 5.32 Å². The summed E-state index contributed by atoms with van der Waals surface area (Å²) in [6.07, 6.45) is 0. The van der Waals surface area contributed by atoms with Gasteiger partial charge in [-0.3, -0.25) is 10.1 Å². The van der Waals surface area contributed by atoms with Gasteiger partial charge in [-0.15, -0.1) is 11.3 Å². The third-order valence-corrected chi connectivity index (χ3v) is 3.88. The molecule has 0 aliphatic rings. The number of carbonyl (C=O) groups is 1. The minimum Gasteiger partial charge on any atom is -0.298 e. The van der Waals surface area contributed by atoms with E-state index in [1.165, 1.54) is 35.6 Å². The van der Waals surface area contributed by atoms with Gasteiger partial charge in [-0.25, -0.2) is 9.37 Å². The normalized spacial score (nSPS) is 10.1. The van der Waals surface area contributed by atoms with Gasteiger partial charge in [0.2, 0.25) is 0 Å². The number of halogens is 1. The maximum Gasteiger partial charge on any atom is 0.257 e. The molecule has 2 aromatic carbocycles. The van der Waals surface area contributed by atoms with Gasteiger partial charge in [-0.05, 0) is 30.3 Å². The van der Waals surface area contributed by atoms with Crippen LogP contribution in [-0.2, 0) is 0 Å². The van der Waals surface area contributed by atoms with Gasteiger partial charge in [0, 0.05) is 16.5 Å². The molecule has 1 aromatic heterocycles. The molecule has 112 valence electrons. The Balaban J connectivity index is 1.76. The predicted octanol–water partition coefficient (Wildman–Crippen LogP) is 4.07. The first-order valence-electron chi connectivity index (χ1n) is 6.69. The van der Waals surface area contributed by atoms with Crippen LogP contribution >= 0.6 is 11.3 Å². The van der Waals surface area contributed by atoms with Crippen LogP contribution in [0.2, 0.25) is 0 Å². The molecule has 3 rings (SSSR count). The Bertz CT molecular complexity index is 897. The standard InChI is InChI=1S/C17H10FN3OS/c18-14-3-1-2-13(8-14)16(22)21-17-20-15(10-23-17)12-6-4-11(9-19)5-7-12/h1-8,10H,(H,20,21,22). The Morgan fingerprint density at radius 2 is 2.00 bits per heavy atom. The number of amides is 1. The molecule has 6 heteroatoms. The number of thiazole rings is 1. The maximum atomic E-state index is 13.1. The lowest BCUT2D eigenvalue weighted by atomic mass is 10.1. The van der Waals surface area contributed by atoms with Crippen LogP contribution in [0.5, 0.6) is 0 Å². The van der Waals surface area contributed by atoms with E-state index < -0.39 is 11.7 Å². The Kier molecular flexibility index (Phi) is 4.13. The molecule has 3 aromatic rings. The fourth-order valence-corrected chi connectivity index (χ4v) is 2.69. The number of carbonyl (C=O) groups excluding carboxylic acids is 1. The van der Waals surface area contributed by atoms with E-state index in [2.05, 4.69) is 16.4 Å². The van der Waals surface area contributed by atoms with Gasteiger partial charge in [0.05, 0.1) is 17.3 Å². The highest BCUT2D eigenvalue weighted by atomic mass is 32.1. The third-order valence-electron chi connectivity index (χ3n) is 3.12. The molecule has 0 bridgehead atoms. The van der Waals surface area contributed by atoms with Crippen LogP contribution in [0.15, 0.2) is 53.9 Å². The summed E-state index contributed by atoms with van der Waals surface area (Å²) in [6.45, 7) is 0. The summed E-state index contributed by atoms with van der Waals surface area (Å²) in [4.78, 5) is 16.4. The average Bonchev–Trinajstić information content (AvgIpc) is 3.03. The minimum absolute atomic E-state index is 0.236. The van der Waals surface area contributed by atoms with Crippen molar-refractivity contribution in [3.05, 3.63) is 70.9 Å². The topological polar surface area (TPSA) is 65.8 Å². The smallest absolute Gasteiger partial charge is 0.257 e. The van der Waals surface area contributed by atoms with Crippen molar-refractivity contribution in [3.63, 3.8) is 0 Å². The minimum atomic E-state index is -0.463. The molecule has 0 atom stereocenters. The predicted molar refractivity (Wildman–Crippen MR) is 86.6 cm³/mol. The number of nitrogens with zero attached hydrogens (tertiary/aromatic N) is 2. The molecule has 1 N–H and O–H groups in total. The van der Waals surface area contributed by atoms with Gasteiger partial charge >= 0.3 is 0 Å². The number of nitrogens with one attached hydrogen (secondary N) is 1. The zero-order valence-electron chi connectivity index (χ0n) is 11.8. The number of nitriles is 1. The lowest BCUT2D eigenvalue weighted by molar-refractivity contribution is 0.102. The fraction of sp³-hybridized carbons (Fsp3) is 0. The van der Waals surface area contributed by atoms with Crippen molar-refractivity contribution in [1.82, 2.24) is 4.98 Å². The van der Waals surface area contributed by atoms with Gasteiger partial charge in [0.1, 0.15) is 5.82 Å². The molecule has 0 spiro atoms. The first-order chi connectivity index (χ1) is 11.2. The highest BCUT2D eigenvalue weighted by Crippen LogP contribution is 2.25. The van der Waals surface area contributed by atoms with E-state index >= 15 is 0 Å². The molecule has 0 saturated carbocycles.